The summed E-state index contributed by atoms with van der Waals surface area (Å²) in [6, 6.07) is 0. The molecule has 0 unspecified atom stereocenters. The Morgan fingerprint density at radius 3 is 2.80 bits per heavy atom. The van der Waals surface area contributed by atoms with Crippen molar-refractivity contribution in [2.24, 2.45) is 0 Å². The Balaban J connectivity index is 0.00000112. The van der Waals surface area contributed by atoms with Crippen molar-refractivity contribution in [2.75, 3.05) is 13.1 Å². The van der Waals surface area contributed by atoms with Gasteiger partial charge in [0, 0.05) is 18.9 Å². The van der Waals surface area contributed by atoms with Crippen LogP contribution in [0.15, 0.2) is 17.4 Å². The number of nitrogens with zero attached hydrogens (tertiary/aromatic N) is 2. The molecule has 0 amide bonds. The molecule has 1 aromatic rings. The van der Waals surface area contributed by atoms with Crippen molar-refractivity contribution in [1.82, 2.24) is 15.3 Å². The minimum atomic E-state index is -1.01. The van der Waals surface area contributed by atoms with Crippen molar-refractivity contribution >= 4 is 23.2 Å². The average molecular weight is 248 g/mol. The maximum atomic E-state index is 12.0. The zero-order chi connectivity index (χ0) is 9.97. The van der Waals surface area contributed by atoms with Gasteiger partial charge in [0.2, 0.25) is 0 Å². The Hall–Kier alpha value is -0.520. The summed E-state index contributed by atoms with van der Waals surface area (Å²) in [4.78, 5) is 8.23. The van der Waals surface area contributed by atoms with E-state index in [1.165, 1.54) is 0 Å². The Bertz CT molecular complexity index is 355. The number of aryl methyl sites for hydroxylation is 1. The van der Waals surface area contributed by atoms with Crippen LogP contribution in [-0.4, -0.2) is 32.5 Å². The van der Waals surface area contributed by atoms with E-state index >= 15 is 0 Å². The third-order valence-electron chi connectivity index (χ3n) is 2.34. The van der Waals surface area contributed by atoms with Crippen LogP contribution >= 0.6 is 12.4 Å². The molecule has 0 saturated carbocycles. The molecule has 1 saturated heterocycles. The third-order valence-corrected chi connectivity index (χ3v) is 4.13. The largest absolute Gasteiger partial charge is 0.315 e. The van der Waals surface area contributed by atoms with Crippen LogP contribution in [0.5, 0.6) is 0 Å². The molecule has 1 aliphatic rings. The third kappa shape index (κ3) is 2.74. The average Bonchev–Trinajstić information content (AvgIpc) is 2.70. The molecular formula is C9H14ClN3OS. The van der Waals surface area contributed by atoms with E-state index in [1.807, 2.05) is 6.92 Å². The molecule has 1 aliphatic heterocycles. The SMILES string of the molecule is Cc1nccnc1[S@](=O)[C@H]1CCNC1.Cl. The lowest BCUT2D eigenvalue weighted by molar-refractivity contribution is 0.667. The molecule has 0 aromatic carbocycles. The lowest BCUT2D eigenvalue weighted by Crippen LogP contribution is -2.20. The van der Waals surface area contributed by atoms with Crippen molar-refractivity contribution in [3.8, 4) is 0 Å². The lowest BCUT2D eigenvalue weighted by atomic mass is 10.4. The smallest absolute Gasteiger partial charge is 0.148 e. The van der Waals surface area contributed by atoms with Crippen LogP contribution in [0.4, 0.5) is 0 Å². The summed E-state index contributed by atoms with van der Waals surface area (Å²) < 4.78 is 12.0. The predicted octanol–water partition coefficient (Wildman–Crippen LogP) is 0.676. The summed E-state index contributed by atoms with van der Waals surface area (Å²) in [5, 5.41) is 4.04. The monoisotopic (exact) mass is 247 g/mol. The van der Waals surface area contributed by atoms with Gasteiger partial charge in [-0.2, -0.15) is 0 Å². The van der Waals surface area contributed by atoms with Gasteiger partial charge in [0.15, 0.2) is 0 Å². The van der Waals surface area contributed by atoms with Gasteiger partial charge >= 0.3 is 0 Å². The minimum absolute atomic E-state index is 0. The highest BCUT2D eigenvalue weighted by Gasteiger charge is 2.24. The summed E-state index contributed by atoms with van der Waals surface area (Å²) >= 11 is 0. The van der Waals surface area contributed by atoms with E-state index < -0.39 is 10.8 Å². The van der Waals surface area contributed by atoms with Gasteiger partial charge in [0.1, 0.15) is 5.03 Å². The molecule has 1 N–H and O–H groups in total. The number of halogens is 1. The molecule has 1 fully saturated rings. The van der Waals surface area contributed by atoms with E-state index in [4.69, 9.17) is 0 Å². The van der Waals surface area contributed by atoms with E-state index in [0.717, 1.165) is 25.2 Å². The first-order valence-corrected chi connectivity index (χ1v) is 5.89. The van der Waals surface area contributed by atoms with Gasteiger partial charge in [-0.3, -0.25) is 9.19 Å². The number of hydrogen-bond acceptors (Lipinski definition) is 4. The second-order valence-corrected chi connectivity index (χ2v) is 5.01. The summed E-state index contributed by atoms with van der Waals surface area (Å²) in [7, 11) is -1.01. The van der Waals surface area contributed by atoms with Crippen LogP contribution in [0.25, 0.3) is 0 Å². The Morgan fingerprint density at radius 1 is 1.47 bits per heavy atom. The Labute approximate surface area is 97.8 Å². The van der Waals surface area contributed by atoms with E-state index in [9.17, 15) is 4.21 Å². The van der Waals surface area contributed by atoms with Gasteiger partial charge in [-0.1, -0.05) is 0 Å². The zero-order valence-corrected chi connectivity index (χ0v) is 10.1. The van der Waals surface area contributed by atoms with E-state index in [0.29, 0.717) is 5.03 Å². The summed E-state index contributed by atoms with van der Waals surface area (Å²) in [6.07, 6.45) is 4.19. The maximum Gasteiger partial charge on any atom is 0.148 e. The first-order chi connectivity index (χ1) is 6.79. The van der Waals surface area contributed by atoms with Crippen LogP contribution in [0.2, 0.25) is 0 Å². The van der Waals surface area contributed by atoms with Crippen LogP contribution in [0.3, 0.4) is 0 Å². The fourth-order valence-electron chi connectivity index (χ4n) is 1.56. The second-order valence-electron chi connectivity index (χ2n) is 3.36. The van der Waals surface area contributed by atoms with Gasteiger partial charge in [0.25, 0.3) is 0 Å². The summed E-state index contributed by atoms with van der Waals surface area (Å²) in [5.74, 6) is 0. The minimum Gasteiger partial charge on any atom is -0.315 e. The Kier molecular flexibility index (Phi) is 4.63. The van der Waals surface area contributed by atoms with Crippen molar-refractivity contribution < 1.29 is 4.21 Å². The fraction of sp³-hybridized carbons (Fsp3) is 0.556. The van der Waals surface area contributed by atoms with E-state index in [-0.39, 0.29) is 17.7 Å². The Morgan fingerprint density at radius 2 is 2.20 bits per heavy atom. The standard InChI is InChI=1S/C9H13N3OS.ClH/c1-7-9(12-5-4-11-7)14(13)8-2-3-10-6-8;/h4-5,8,10H,2-3,6H2,1H3;1H/t8-,14+;/m0./s1. The molecule has 15 heavy (non-hydrogen) atoms. The topological polar surface area (TPSA) is 54.9 Å². The van der Waals surface area contributed by atoms with Gasteiger partial charge in [0.05, 0.1) is 21.7 Å². The molecular weight excluding hydrogens is 234 g/mol. The van der Waals surface area contributed by atoms with E-state index in [1.54, 1.807) is 12.4 Å². The summed E-state index contributed by atoms with van der Waals surface area (Å²) in [6.45, 7) is 3.63. The molecule has 1 aromatic heterocycles. The van der Waals surface area contributed by atoms with Crippen LogP contribution in [0.1, 0.15) is 12.1 Å². The van der Waals surface area contributed by atoms with Crippen molar-refractivity contribution in [2.45, 2.75) is 23.6 Å². The van der Waals surface area contributed by atoms with Gasteiger partial charge in [-0.05, 0) is 19.9 Å². The maximum absolute atomic E-state index is 12.0. The second kappa shape index (κ2) is 5.53. The fourth-order valence-corrected chi connectivity index (χ4v) is 2.99. The number of nitrogens with one attached hydrogen (secondary N) is 1. The summed E-state index contributed by atoms with van der Waals surface area (Å²) in [5.41, 5.74) is 0.776. The van der Waals surface area contributed by atoms with Crippen LogP contribution in [-0.2, 0) is 10.8 Å². The van der Waals surface area contributed by atoms with Gasteiger partial charge in [-0.15, -0.1) is 12.4 Å². The highest BCUT2D eigenvalue weighted by atomic mass is 35.5. The highest BCUT2D eigenvalue weighted by Crippen LogP contribution is 2.15. The van der Waals surface area contributed by atoms with Gasteiger partial charge < -0.3 is 5.32 Å². The van der Waals surface area contributed by atoms with Gasteiger partial charge in [-0.25, -0.2) is 4.98 Å². The zero-order valence-electron chi connectivity index (χ0n) is 8.47. The first kappa shape index (κ1) is 12.5. The first-order valence-electron chi connectivity index (χ1n) is 4.68. The number of rotatable bonds is 2. The lowest BCUT2D eigenvalue weighted by Gasteiger charge is -2.08. The molecule has 2 atom stereocenters. The quantitative estimate of drug-likeness (QED) is 0.835. The molecule has 0 radical (unpaired) electrons. The van der Waals surface area contributed by atoms with Crippen molar-refractivity contribution in [3.05, 3.63) is 18.1 Å². The highest BCUT2D eigenvalue weighted by molar-refractivity contribution is 7.85. The van der Waals surface area contributed by atoms with E-state index in [2.05, 4.69) is 15.3 Å². The normalized spacial score (nSPS) is 22.1. The van der Waals surface area contributed by atoms with Crippen LogP contribution < -0.4 is 5.32 Å². The number of aromatic nitrogens is 2. The molecule has 0 spiro atoms. The van der Waals surface area contributed by atoms with Crippen molar-refractivity contribution in [1.29, 1.82) is 0 Å². The molecule has 2 heterocycles. The molecule has 6 heteroatoms. The predicted molar refractivity (Wildman–Crippen MR) is 61.7 cm³/mol. The molecule has 0 aliphatic carbocycles. The molecule has 4 nitrogen and oxygen atoms in total. The molecule has 2 rings (SSSR count). The van der Waals surface area contributed by atoms with Crippen molar-refractivity contribution in [3.63, 3.8) is 0 Å². The van der Waals surface area contributed by atoms with Crippen LogP contribution in [0, 0.1) is 6.92 Å². The number of hydrogen-bond donors (Lipinski definition) is 1. The molecule has 0 bridgehead atoms. The molecule has 84 valence electrons.